The normalized spacial score (nSPS) is 12.7. The fraction of sp³-hybridized carbons (Fsp3) is 0.500. The van der Waals surface area contributed by atoms with Crippen molar-refractivity contribution in [2.75, 3.05) is 12.9 Å². The molecule has 0 aliphatic rings. The molecule has 6 heteroatoms. The largest absolute Gasteiger partial charge is 0.209 e. The number of hydrogen-bond donors (Lipinski definition) is 0. The molecule has 4 nitrogen and oxygen atoms in total. The Labute approximate surface area is 103 Å². The summed E-state index contributed by atoms with van der Waals surface area (Å²) in [5, 5.41) is 4.34. The van der Waals surface area contributed by atoms with E-state index in [-0.39, 0.29) is 0 Å². The summed E-state index contributed by atoms with van der Waals surface area (Å²) in [6.45, 7) is 2.15. The van der Waals surface area contributed by atoms with Crippen molar-refractivity contribution in [2.45, 2.75) is 19.4 Å². The van der Waals surface area contributed by atoms with E-state index in [1.165, 1.54) is 19.2 Å². The molecule has 0 radical (unpaired) electrons. The smallest absolute Gasteiger partial charge is 0.195 e. The molecule has 0 amide bonds. The average Bonchev–Trinajstić information content (AvgIpc) is 2.31. The lowest BCUT2D eigenvalue weighted by Crippen LogP contribution is -2.50. The molecule has 0 N–H and O–H groups in total. The van der Waals surface area contributed by atoms with E-state index in [0.29, 0.717) is 6.04 Å². The highest BCUT2D eigenvalue weighted by atomic mass is 32.2. The Hall–Kier alpha value is -0.190. The zero-order chi connectivity index (χ0) is 11.8. The number of rotatable bonds is 7. The zero-order valence-electron chi connectivity index (χ0n) is 9.46. The predicted molar refractivity (Wildman–Crippen MR) is 66.9 cm³/mol. The molecule has 1 aromatic rings. The third-order valence-corrected chi connectivity index (χ3v) is 3.36. The second-order valence-electron chi connectivity index (χ2n) is 3.18. The maximum absolute atomic E-state index is 4.75. The van der Waals surface area contributed by atoms with Crippen LogP contribution < -0.4 is 10.0 Å². The van der Waals surface area contributed by atoms with Gasteiger partial charge in [-0.05, 0) is 15.3 Å². The quantitative estimate of drug-likeness (QED) is 0.186. The summed E-state index contributed by atoms with van der Waals surface area (Å²) in [4.78, 5) is 4.33. The highest BCUT2D eigenvalue weighted by Gasteiger charge is 2.19. The minimum absolute atomic E-state index is 0.374. The lowest BCUT2D eigenvalue weighted by molar-refractivity contribution is -0.701. The van der Waals surface area contributed by atoms with Crippen LogP contribution in [0.3, 0.4) is 0 Å². The molecular formula is C10H17NO3PS+. The summed E-state index contributed by atoms with van der Waals surface area (Å²) in [5.41, 5.74) is 1.16. The first kappa shape index (κ1) is 13.9. The second kappa shape index (κ2) is 7.98. The zero-order valence-corrected chi connectivity index (χ0v) is 11.4. The van der Waals surface area contributed by atoms with Gasteiger partial charge in [0.1, 0.15) is 0 Å². The maximum Gasteiger partial charge on any atom is 0.195 e. The molecule has 16 heavy (non-hydrogen) atoms. The van der Waals surface area contributed by atoms with Crippen LogP contribution in [0.4, 0.5) is 0 Å². The van der Waals surface area contributed by atoms with Gasteiger partial charge in [0.15, 0.2) is 17.7 Å². The number of nitrogens with zero attached hydrogens (tertiary/aromatic N) is 1. The molecule has 1 rings (SSSR count). The van der Waals surface area contributed by atoms with Crippen LogP contribution in [0.5, 0.6) is 0 Å². The molecule has 90 valence electrons. The van der Waals surface area contributed by atoms with Crippen molar-refractivity contribution < 1.29 is 18.8 Å². The first-order chi connectivity index (χ1) is 7.79. The van der Waals surface area contributed by atoms with Gasteiger partial charge in [-0.25, -0.2) is 4.89 Å². The van der Waals surface area contributed by atoms with Crippen LogP contribution in [0.1, 0.15) is 19.4 Å². The van der Waals surface area contributed by atoms with Crippen LogP contribution in [0.2, 0.25) is 0 Å². The molecule has 0 saturated heterocycles. The Kier molecular flexibility index (Phi) is 6.92. The molecule has 0 aromatic carbocycles. The predicted octanol–water partition coefficient (Wildman–Crippen LogP) is 1.58. The molecule has 2 atom stereocenters. The number of hydrogen-bond acceptors (Lipinski definition) is 4. The van der Waals surface area contributed by atoms with Gasteiger partial charge in [-0.15, -0.1) is 4.33 Å². The van der Waals surface area contributed by atoms with Crippen LogP contribution >= 0.6 is 21.3 Å². The van der Waals surface area contributed by atoms with Gasteiger partial charge in [-0.1, -0.05) is 12.0 Å². The number of pyridine rings is 1. The molecule has 2 unspecified atom stereocenters. The fourth-order valence-corrected chi connectivity index (χ4v) is 2.46. The van der Waals surface area contributed by atoms with Crippen molar-refractivity contribution in [3.8, 4) is 0 Å². The van der Waals surface area contributed by atoms with Crippen molar-refractivity contribution in [2.24, 2.45) is 0 Å². The third-order valence-electron chi connectivity index (χ3n) is 2.19. The molecule has 0 spiro atoms. The van der Waals surface area contributed by atoms with Crippen LogP contribution in [-0.2, 0) is 14.3 Å². The van der Waals surface area contributed by atoms with Gasteiger partial charge in [0.2, 0.25) is 0 Å². The minimum Gasteiger partial charge on any atom is -0.209 e. The maximum atomic E-state index is 4.75. The first-order valence-electron chi connectivity index (χ1n) is 5.04. The van der Waals surface area contributed by atoms with Crippen molar-refractivity contribution >= 4 is 26.7 Å². The van der Waals surface area contributed by atoms with Gasteiger partial charge in [0.05, 0.1) is 12.9 Å². The van der Waals surface area contributed by atoms with Gasteiger partial charge in [0.25, 0.3) is 0 Å². The summed E-state index contributed by atoms with van der Waals surface area (Å²) in [7, 11) is 4.14. The molecule has 1 aromatic heterocycles. The number of aromatic nitrogens is 1. The Balaban J connectivity index is 2.51. The molecule has 0 bridgehead atoms. The lowest BCUT2D eigenvalue weighted by atomic mass is 10.2. The highest BCUT2D eigenvalue weighted by molar-refractivity contribution is 7.94. The van der Waals surface area contributed by atoms with E-state index in [4.69, 9.17) is 4.33 Å². The Bertz CT molecular complexity index is 314. The van der Waals surface area contributed by atoms with E-state index in [0.717, 1.165) is 17.6 Å². The Morgan fingerprint density at radius 3 is 2.94 bits per heavy atom. The summed E-state index contributed by atoms with van der Waals surface area (Å²) < 4.78 is 6.95. The van der Waals surface area contributed by atoms with E-state index >= 15 is 0 Å². The van der Waals surface area contributed by atoms with Gasteiger partial charge in [-0.2, -0.15) is 4.57 Å². The average molecular weight is 262 g/mol. The van der Waals surface area contributed by atoms with E-state index in [9.17, 15) is 0 Å². The van der Waals surface area contributed by atoms with Gasteiger partial charge in [0, 0.05) is 30.6 Å². The van der Waals surface area contributed by atoms with Crippen molar-refractivity contribution in [1.29, 1.82) is 0 Å². The monoisotopic (exact) mass is 262 g/mol. The lowest BCUT2D eigenvalue weighted by Gasteiger charge is -2.10. The SMILES string of the molecule is CCC(CSOOOC)[n+]1ccccc1P. The molecule has 0 aliphatic carbocycles. The van der Waals surface area contributed by atoms with E-state index in [2.05, 4.69) is 42.9 Å². The van der Waals surface area contributed by atoms with Crippen molar-refractivity contribution in [1.82, 2.24) is 0 Å². The van der Waals surface area contributed by atoms with Gasteiger partial charge < -0.3 is 0 Å². The van der Waals surface area contributed by atoms with E-state index < -0.39 is 0 Å². The summed E-state index contributed by atoms with van der Waals surface area (Å²) >= 11 is 1.24. The summed E-state index contributed by atoms with van der Waals surface area (Å²) in [6.07, 6.45) is 3.09. The van der Waals surface area contributed by atoms with E-state index in [1.807, 2.05) is 12.1 Å². The van der Waals surface area contributed by atoms with Crippen LogP contribution in [0.15, 0.2) is 24.4 Å². The van der Waals surface area contributed by atoms with Crippen LogP contribution in [-0.4, -0.2) is 12.9 Å². The van der Waals surface area contributed by atoms with Crippen molar-refractivity contribution in [3.05, 3.63) is 24.4 Å². The van der Waals surface area contributed by atoms with Gasteiger partial charge in [-0.3, -0.25) is 0 Å². The van der Waals surface area contributed by atoms with Crippen molar-refractivity contribution in [3.63, 3.8) is 0 Å². The van der Waals surface area contributed by atoms with Crippen LogP contribution in [0.25, 0.3) is 0 Å². The summed E-state index contributed by atoms with van der Waals surface area (Å²) in [6, 6.07) is 6.47. The fourth-order valence-electron chi connectivity index (χ4n) is 1.35. The molecule has 0 fully saturated rings. The Morgan fingerprint density at radius 1 is 1.50 bits per heavy atom. The van der Waals surface area contributed by atoms with E-state index in [1.54, 1.807) is 0 Å². The molecule has 0 saturated carbocycles. The summed E-state index contributed by atoms with van der Waals surface area (Å²) in [5.74, 6) is 0.802. The Morgan fingerprint density at radius 2 is 2.31 bits per heavy atom. The first-order valence-corrected chi connectivity index (χ1v) is 6.53. The van der Waals surface area contributed by atoms with Gasteiger partial charge >= 0.3 is 0 Å². The highest BCUT2D eigenvalue weighted by Crippen LogP contribution is 2.13. The molecule has 1 heterocycles. The topological polar surface area (TPSA) is 31.6 Å². The van der Waals surface area contributed by atoms with Crippen LogP contribution in [0, 0.1) is 0 Å². The third kappa shape index (κ3) is 4.36. The second-order valence-corrected chi connectivity index (χ2v) is 4.48. The minimum atomic E-state index is 0.374. The standard InChI is InChI=1S/C10H17NO3PS/c1-3-9(8-16-14-13-12-2)11-7-5-4-6-10(11)15/h4-7,9H,3,8,15H2,1-2H3/q+1. The molecular weight excluding hydrogens is 245 g/mol. The molecule has 0 aliphatic heterocycles.